The van der Waals surface area contributed by atoms with E-state index in [4.69, 9.17) is 4.84 Å². The number of hydroxylamine groups is 2. The Labute approximate surface area is 102 Å². The number of benzene rings is 1. The number of carbonyl (C=O) groups excluding carboxylic acids is 1. The Kier molecular flexibility index (Phi) is 3.20. The number of amides is 1. The molecule has 1 aromatic rings. The van der Waals surface area contributed by atoms with Gasteiger partial charge in [-0.05, 0) is 25.3 Å². The molecule has 1 saturated carbocycles. The Morgan fingerprint density at radius 3 is 2.59 bits per heavy atom. The van der Waals surface area contributed by atoms with Gasteiger partial charge >= 0.3 is 0 Å². The first-order valence-corrected chi connectivity index (χ1v) is 5.99. The number of nitrogens with zero attached hydrogens (tertiary/aromatic N) is 1. The maximum Gasteiger partial charge on any atom is 0.256 e. The summed E-state index contributed by atoms with van der Waals surface area (Å²) in [5, 5.41) is 1.35. The number of likely N-dealkylation sites (N-methyl/N-ethyl adjacent to an activating group) is 1. The molecule has 3 nitrogen and oxygen atoms in total. The molecular weight excluding hydrogens is 214 g/mol. The third kappa shape index (κ3) is 1.95. The Morgan fingerprint density at radius 1 is 1.41 bits per heavy atom. The second kappa shape index (κ2) is 4.49. The number of hydrogen-bond acceptors (Lipinski definition) is 2. The molecule has 92 valence electrons. The van der Waals surface area contributed by atoms with E-state index >= 15 is 0 Å². The van der Waals surface area contributed by atoms with Crippen molar-refractivity contribution in [2.75, 3.05) is 14.2 Å². The summed E-state index contributed by atoms with van der Waals surface area (Å²) >= 11 is 0. The van der Waals surface area contributed by atoms with Crippen molar-refractivity contribution < 1.29 is 9.63 Å². The second-order valence-electron chi connectivity index (χ2n) is 4.79. The molecule has 2 rings (SSSR count). The SMILES string of the molecule is CON(C)C(=O)C1(c2cccc(C)c2)CCC1. The zero-order valence-corrected chi connectivity index (χ0v) is 10.7. The van der Waals surface area contributed by atoms with Gasteiger partial charge in [0, 0.05) is 7.05 Å². The lowest BCUT2D eigenvalue weighted by molar-refractivity contribution is -0.179. The predicted octanol–water partition coefficient (Wildman–Crippen LogP) is 2.44. The van der Waals surface area contributed by atoms with Gasteiger partial charge in [-0.15, -0.1) is 0 Å². The predicted molar refractivity (Wildman–Crippen MR) is 66.5 cm³/mol. The Morgan fingerprint density at radius 2 is 2.12 bits per heavy atom. The van der Waals surface area contributed by atoms with E-state index in [9.17, 15) is 4.79 Å². The van der Waals surface area contributed by atoms with E-state index < -0.39 is 0 Å². The van der Waals surface area contributed by atoms with Crippen molar-refractivity contribution in [3.63, 3.8) is 0 Å². The summed E-state index contributed by atoms with van der Waals surface area (Å²) in [4.78, 5) is 17.4. The van der Waals surface area contributed by atoms with Gasteiger partial charge in [-0.25, -0.2) is 5.06 Å². The van der Waals surface area contributed by atoms with Crippen molar-refractivity contribution in [3.05, 3.63) is 35.4 Å². The highest BCUT2D eigenvalue weighted by Gasteiger charge is 2.47. The monoisotopic (exact) mass is 233 g/mol. The first-order chi connectivity index (χ1) is 8.10. The average Bonchev–Trinajstić information content (AvgIpc) is 2.26. The lowest BCUT2D eigenvalue weighted by atomic mass is 9.63. The van der Waals surface area contributed by atoms with E-state index in [1.165, 1.54) is 17.7 Å². The minimum Gasteiger partial charge on any atom is -0.275 e. The number of rotatable bonds is 3. The van der Waals surface area contributed by atoms with Crippen LogP contribution >= 0.6 is 0 Å². The Balaban J connectivity index is 2.35. The summed E-state index contributed by atoms with van der Waals surface area (Å²) < 4.78 is 0. The largest absolute Gasteiger partial charge is 0.275 e. The third-order valence-electron chi connectivity index (χ3n) is 3.75. The van der Waals surface area contributed by atoms with Gasteiger partial charge in [0.15, 0.2) is 0 Å². The molecule has 17 heavy (non-hydrogen) atoms. The van der Waals surface area contributed by atoms with Crippen LogP contribution in [0.25, 0.3) is 0 Å². The third-order valence-corrected chi connectivity index (χ3v) is 3.75. The minimum atomic E-state index is -0.350. The van der Waals surface area contributed by atoms with Gasteiger partial charge in [-0.1, -0.05) is 36.2 Å². The molecule has 0 unspecified atom stereocenters. The van der Waals surface area contributed by atoms with E-state index in [0.29, 0.717) is 0 Å². The number of hydrogen-bond donors (Lipinski definition) is 0. The van der Waals surface area contributed by atoms with Crippen molar-refractivity contribution in [1.82, 2.24) is 5.06 Å². The molecule has 0 bridgehead atoms. The van der Waals surface area contributed by atoms with Crippen LogP contribution in [0, 0.1) is 6.92 Å². The zero-order valence-electron chi connectivity index (χ0n) is 10.7. The number of carbonyl (C=O) groups is 1. The van der Waals surface area contributed by atoms with Gasteiger partial charge in [0.25, 0.3) is 5.91 Å². The molecule has 1 aromatic carbocycles. The van der Waals surface area contributed by atoms with Crippen LogP contribution in [0.1, 0.15) is 30.4 Å². The lowest BCUT2D eigenvalue weighted by Gasteiger charge is -2.42. The van der Waals surface area contributed by atoms with Gasteiger partial charge in [0.2, 0.25) is 0 Å². The van der Waals surface area contributed by atoms with Crippen LogP contribution in [-0.2, 0) is 15.0 Å². The van der Waals surface area contributed by atoms with Crippen LogP contribution in [0.4, 0.5) is 0 Å². The lowest BCUT2D eigenvalue weighted by Crippen LogP contribution is -2.49. The van der Waals surface area contributed by atoms with Crippen LogP contribution in [0.3, 0.4) is 0 Å². The quantitative estimate of drug-likeness (QED) is 0.750. The van der Waals surface area contributed by atoms with E-state index in [2.05, 4.69) is 19.1 Å². The first-order valence-electron chi connectivity index (χ1n) is 5.99. The summed E-state index contributed by atoms with van der Waals surface area (Å²) in [7, 11) is 3.21. The van der Waals surface area contributed by atoms with E-state index in [1.54, 1.807) is 7.05 Å². The second-order valence-corrected chi connectivity index (χ2v) is 4.79. The van der Waals surface area contributed by atoms with E-state index in [1.807, 2.05) is 12.1 Å². The van der Waals surface area contributed by atoms with Crippen LogP contribution in [0.2, 0.25) is 0 Å². The summed E-state index contributed by atoms with van der Waals surface area (Å²) in [5.41, 5.74) is 1.97. The summed E-state index contributed by atoms with van der Waals surface area (Å²) in [6.45, 7) is 2.06. The van der Waals surface area contributed by atoms with Gasteiger partial charge in [-0.2, -0.15) is 0 Å². The molecule has 0 aromatic heterocycles. The van der Waals surface area contributed by atoms with Gasteiger partial charge < -0.3 is 0 Å². The molecule has 1 amide bonds. The molecule has 0 radical (unpaired) electrons. The molecule has 0 saturated heterocycles. The Bertz CT molecular complexity index is 424. The standard InChI is InChI=1S/C14H19NO2/c1-11-6-4-7-12(10-11)14(8-5-9-14)13(16)15(2)17-3/h4,6-7,10H,5,8-9H2,1-3H3. The molecule has 1 aliphatic carbocycles. The molecule has 0 spiro atoms. The van der Waals surface area contributed by atoms with Crippen molar-refractivity contribution in [2.45, 2.75) is 31.6 Å². The highest BCUT2D eigenvalue weighted by molar-refractivity contribution is 5.88. The summed E-state index contributed by atoms with van der Waals surface area (Å²) in [6.07, 6.45) is 2.95. The average molecular weight is 233 g/mol. The molecule has 0 atom stereocenters. The topological polar surface area (TPSA) is 29.5 Å². The molecule has 0 heterocycles. The number of aryl methyl sites for hydroxylation is 1. The van der Waals surface area contributed by atoms with Gasteiger partial charge in [-0.3, -0.25) is 9.63 Å². The molecule has 1 fully saturated rings. The van der Waals surface area contributed by atoms with Crippen LogP contribution in [0.15, 0.2) is 24.3 Å². The molecule has 3 heteroatoms. The molecule has 1 aliphatic rings. The smallest absolute Gasteiger partial charge is 0.256 e. The normalized spacial score (nSPS) is 17.4. The van der Waals surface area contributed by atoms with Crippen molar-refractivity contribution in [3.8, 4) is 0 Å². The Hall–Kier alpha value is -1.35. The summed E-state index contributed by atoms with van der Waals surface area (Å²) in [6, 6.07) is 8.24. The molecular formula is C14H19NO2. The minimum absolute atomic E-state index is 0.0665. The molecule has 0 N–H and O–H groups in total. The van der Waals surface area contributed by atoms with Crippen molar-refractivity contribution in [2.24, 2.45) is 0 Å². The van der Waals surface area contributed by atoms with E-state index in [-0.39, 0.29) is 11.3 Å². The maximum atomic E-state index is 12.4. The highest BCUT2D eigenvalue weighted by Crippen LogP contribution is 2.45. The first kappa shape index (κ1) is 12.1. The fraction of sp³-hybridized carbons (Fsp3) is 0.500. The van der Waals surface area contributed by atoms with Crippen LogP contribution < -0.4 is 0 Å². The fourth-order valence-electron chi connectivity index (χ4n) is 2.48. The highest BCUT2D eigenvalue weighted by atomic mass is 16.7. The van der Waals surface area contributed by atoms with Crippen LogP contribution in [-0.4, -0.2) is 25.1 Å². The fourth-order valence-corrected chi connectivity index (χ4v) is 2.48. The van der Waals surface area contributed by atoms with Gasteiger partial charge in [0.05, 0.1) is 12.5 Å². The summed E-state index contributed by atoms with van der Waals surface area (Å²) in [5.74, 6) is 0.0665. The van der Waals surface area contributed by atoms with Crippen molar-refractivity contribution in [1.29, 1.82) is 0 Å². The maximum absolute atomic E-state index is 12.4. The van der Waals surface area contributed by atoms with Crippen molar-refractivity contribution >= 4 is 5.91 Å². The van der Waals surface area contributed by atoms with Crippen LogP contribution in [0.5, 0.6) is 0 Å². The molecule has 0 aliphatic heterocycles. The van der Waals surface area contributed by atoms with Gasteiger partial charge in [0.1, 0.15) is 0 Å². The van der Waals surface area contributed by atoms with E-state index in [0.717, 1.165) is 24.8 Å². The zero-order chi connectivity index (χ0) is 12.5.